The van der Waals surface area contributed by atoms with Crippen molar-refractivity contribution in [3.63, 3.8) is 0 Å². The van der Waals surface area contributed by atoms with E-state index in [9.17, 15) is 4.39 Å². The lowest BCUT2D eigenvalue weighted by Crippen LogP contribution is -2.31. The van der Waals surface area contributed by atoms with Gasteiger partial charge in [-0.05, 0) is 25.0 Å². The van der Waals surface area contributed by atoms with Crippen LogP contribution in [0.5, 0.6) is 0 Å². The van der Waals surface area contributed by atoms with Gasteiger partial charge in [0, 0.05) is 19.0 Å². The predicted molar refractivity (Wildman–Crippen MR) is 79.5 cm³/mol. The largest absolute Gasteiger partial charge is 0.393 e. The zero-order valence-electron chi connectivity index (χ0n) is 11.2. The van der Waals surface area contributed by atoms with Gasteiger partial charge in [0.25, 0.3) is 0 Å². The Morgan fingerprint density at radius 3 is 2.56 bits per heavy atom. The normalized spacial score (nSPS) is 11.3. The van der Waals surface area contributed by atoms with E-state index in [0.717, 1.165) is 19.4 Å². The van der Waals surface area contributed by atoms with E-state index in [2.05, 4.69) is 0 Å². The van der Waals surface area contributed by atoms with Crippen molar-refractivity contribution in [2.45, 2.75) is 26.7 Å². The molecule has 0 fully saturated rings. The van der Waals surface area contributed by atoms with E-state index in [-0.39, 0.29) is 11.2 Å². The van der Waals surface area contributed by atoms with Crippen molar-refractivity contribution in [1.82, 2.24) is 0 Å². The predicted octanol–water partition coefficient (Wildman–Crippen LogP) is 3.35. The van der Waals surface area contributed by atoms with Crippen LogP contribution >= 0.6 is 12.2 Å². The molecular formula is C14H21FN2S. The van der Waals surface area contributed by atoms with Crippen LogP contribution in [0.4, 0.5) is 10.1 Å². The summed E-state index contributed by atoms with van der Waals surface area (Å²) in [5.74, 6) is -0.186. The Labute approximate surface area is 114 Å². The van der Waals surface area contributed by atoms with Crippen molar-refractivity contribution in [2.24, 2.45) is 11.1 Å². The number of hydrogen-bond acceptors (Lipinski definition) is 2. The number of halogens is 1. The fraction of sp³-hybridized carbons (Fsp3) is 0.500. The standard InChI is InChI=1S/C14H21FN2S/c1-14(2,13(16)18)9-6-10-17(3)12-8-5-4-7-11(12)15/h4-5,7-8H,6,9-10H2,1-3H3,(H2,16,18). The van der Waals surface area contributed by atoms with Gasteiger partial charge in [-0.1, -0.05) is 38.2 Å². The number of anilines is 1. The van der Waals surface area contributed by atoms with Crippen LogP contribution in [0, 0.1) is 11.2 Å². The topological polar surface area (TPSA) is 29.3 Å². The molecule has 0 aliphatic heterocycles. The van der Waals surface area contributed by atoms with Crippen LogP contribution in [0.2, 0.25) is 0 Å². The summed E-state index contributed by atoms with van der Waals surface area (Å²) in [6.07, 6.45) is 1.83. The van der Waals surface area contributed by atoms with Crippen molar-refractivity contribution in [3.8, 4) is 0 Å². The summed E-state index contributed by atoms with van der Waals surface area (Å²) in [5, 5.41) is 0. The number of benzene rings is 1. The van der Waals surface area contributed by atoms with E-state index in [4.69, 9.17) is 18.0 Å². The van der Waals surface area contributed by atoms with Gasteiger partial charge in [-0.3, -0.25) is 0 Å². The van der Waals surface area contributed by atoms with Crippen LogP contribution in [0.1, 0.15) is 26.7 Å². The third-order valence-electron chi connectivity index (χ3n) is 3.23. The molecule has 0 bridgehead atoms. The van der Waals surface area contributed by atoms with Gasteiger partial charge in [0.2, 0.25) is 0 Å². The van der Waals surface area contributed by atoms with Crippen LogP contribution < -0.4 is 10.6 Å². The molecule has 1 aromatic carbocycles. The minimum atomic E-state index is -0.186. The van der Waals surface area contributed by atoms with E-state index in [1.165, 1.54) is 6.07 Å². The summed E-state index contributed by atoms with van der Waals surface area (Å²) in [6, 6.07) is 6.80. The molecule has 0 aliphatic carbocycles. The lowest BCUT2D eigenvalue weighted by atomic mass is 9.88. The number of thiocarbonyl (C=S) groups is 1. The monoisotopic (exact) mass is 268 g/mol. The van der Waals surface area contributed by atoms with Crippen LogP contribution in [0.25, 0.3) is 0 Å². The van der Waals surface area contributed by atoms with E-state index in [1.54, 1.807) is 12.1 Å². The zero-order valence-corrected chi connectivity index (χ0v) is 12.1. The first kappa shape index (κ1) is 14.9. The highest BCUT2D eigenvalue weighted by Gasteiger charge is 2.20. The Morgan fingerprint density at radius 1 is 1.39 bits per heavy atom. The van der Waals surface area contributed by atoms with Gasteiger partial charge in [-0.25, -0.2) is 4.39 Å². The number of hydrogen-bond donors (Lipinski definition) is 1. The van der Waals surface area contributed by atoms with E-state index in [1.807, 2.05) is 31.9 Å². The van der Waals surface area contributed by atoms with Gasteiger partial charge in [0.05, 0.1) is 10.7 Å². The maximum Gasteiger partial charge on any atom is 0.146 e. The Kier molecular flexibility index (Phi) is 5.08. The molecule has 0 radical (unpaired) electrons. The Bertz CT molecular complexity index is 418. The smallest absolute Gasteiger partial charge is 0.146 e. The SMILES string of the molecule is CN(CCCC(C)(C)C(N)=S)c1ccccc1F. The first-order chi connectivity index (χ1) is 8.34. The molecule has 18 heavy (non-hydrogen) atoms. The van der Waals surface area contributed by atoms with Crippen molar-refractivity contribution in [1.29, 1.82) is 0 Å². The summed E-state index contributed by atoms with van der Waals surface area (Å²) in [6.45, 7) is 4.86. The molecule has 0 atom stereocenters. The average Bonchev–Trinajstić information content (AvgIpc) is 2.29. The number of rotatable bonds is 6. The van der Waals surface area contributed by atoms with Crippen molar-refractivity contribution >= 4 is 22.9 Å². The molecule has 0 unspecified atom stereocenters. The van der Waals surface area contributed by atoms with Gasteiger partial charge < -0.3 is 10.6 Å². The average molecular weight is 268 g/mol. The lowest BCUT2D eigenvalue weighted by molar-refractivity contribution is 0.460. The van der Waals surface area contributed by atoms with E-state index in [0.29, 0.717) is 10.7 Å². The highest BCUT2D eigenvalue weighted by atomic mass is 32.1. The first-order valence-corrected chi connectivity index (χ1v) is 6.51. The minimum Gasteiger partial charge on any atom is -0.393 e. The molecule has 0 spiro atoms. The van der Waals surface area contributed by atoms with Gasteiger partial charge in [0.1, 0.15) is 5.82 Å². The minimum absolute atomic E-state index is 0.134. The maximum absolute atomic E-state index is 13.5. The highest BCUT2D eigenvalue weighted by Crippen LogP contribution is 2.24. The molecule has 4 heteroatoms. The van der Waals surface area contributed by atoms with Crippen LogP contribution in [-0.4, -0.2) is 18.6 Å². The summed E-state index contributed by atoms with van der Waals surface area (Å²) >= 11 is 5.03. The molecular weight excluding hydrogens is 247 g/mol. The molecule has 1 aromatic rings. The number of para-hydroxylation sites is 1. The molecule has 0 aliphatic rings. The lowest BCUT2D eigenvalue weighted by Gasteiger charge is -2.25. The molecule has 0 amide bonds. The Hall–Kier alpha value is -1.16. The quantitative estimate of drug-likeness (QED) is 0.802. The van der Waals surface area contributed by atoms with E-state index < -0.39 is 0 Å². The first-order valence-electron chi connectivity index (χ1n) is 6.10. The summed E-state index contributed by atoms with van der Waals surface area (Å²) in [5.41, 5.74) is 6.18. The van der Waals surface area contributed by atoms with Crippen LogP contribution in [0.15, 0.2) is 24.3 Å². The number of nitrogens with two attached hydrogens (primary N) is 1. The Morgan fingerprint density at radius 2 is 2.00 bits per heavy atom. The maximum atomic E-state index is 13.5. The fourth-order valence-electron chi connectivity index (χ4n) is 1.76. The van der Waals surface area contributed by atoms with Gasteiger partial charge in [-0.2, -0.15) is 0 Å². The third kappa shape index (κ3) is 3.95. The molecule has 1 rings (SSSR count). The zero-order chi connectivity index (χ0) is 13.8. The second-order valence-electron chi connectivity index (χ2n) is 5.22. The fourth-order valence-corrected chi connectivity index (χ4v) is 1.87. The third-order valence-corrected chi connectivity index (χ3v) is 3.78. The molecule has 0 aromatic heterocycles. The molecule has 0 saturated carbocycles. The summed E-state index contributed by atoms with van der Waals surface area (Å²) in [7, 11) is 1.90. The molecule has 100 valence electrons. The van der Waals surface area contributed by atoms with Crippen molar-refractivity contribution in [2.75, 3.05) is 18.5 Å². The van der Waals surface area contributed by atoms with Crippen molar-refractivity contribution < 1.29 is 4.39 Å². The van der Waals surface area contributed by atoms with Gasteiger partial charge in [0.15, 0.2) is 0 Å². The Balaban J connectivity index is 2.50. The number of nitrogens with zero attached hydrogens (tertiary/aromatic N) is 1. The second kappa shape index (κ2) is 6.14. The highest BCUT2D eigenvalue weighted by molar-refractivity contribution is 7.80. The van der Waals surface area contributed by atoms with Crippen LogP contribution in [-0.2, 0) is 0 Å². The summed E-state index contributed by atoms with van der Waals surface area (Å²) in [4.78, 5) is 2.46. The second-order valence-corrected chi connectivity index (χ2v) is 5.66. The molecule has 2 N–H and O–H groups in total. The molecule has 2 nitrogen and oxygen atoms in total. The van der Waals surface area contributed by atoms with Gasteiger partial charge in [-0.15, -0.1) is 0 Å². The molecule has 0 heterocycles. The molecule has 0 saturated heterocycles. The summed E-state index contributed by atoms with van der Waals surface area (Å²) < 4.78 is 13.5. The van der Waals surface area contributed by atoms with Crippen LogP contribution in [0.3, 0.4) is 0 Å². The van der Waals surface area contributed by atoms with E-state index >= 15 is 0 Å². The van der Waals surface area contributed by atoms with Crippen molar-refractivity contribution in [3.05, 3.63) is 30.1 Å². The van der Waals surface area contributed by atoms with Gasteiger partial charge >= 0.3 is 0 Å².